The van der Waals surface area contributed by atoms with Gasteiger partial charge in [-0.2, -0.15) is 9.42 Å². The molecule has 5 rings (SSSR count). The molecule has 0 unspecified atom stereocenters. The molecule has 0 aliphatic carbocycles. The van der Waals surface area contributed by atoms with Crippen molar-refractivity contribution in [3.63, 3.8) is 0 Å². The summed E-state index contributed by atoms with van der Waals surface area (Å²) in [5.41, 5.74) is 4.20. The first kappa shape index (κ1) is 22.8. The lowest BCUT2D eigenvalue weighted by Gasteiger charge is -2.37. The van der Waals surface area contributed by atoms with E-state index in [-0.39, 0.29) is 11.8 Å². The third kappa shape index (κ3) is 4.05. The predicted molar refractivity (Wildman–Crippen MR) is 124 cm³/mol. The fraction of sp³-hybridized carbons (Fsp3) is 0.273. The van der Waals surface area contributed by atoms with Crippen molar-refractivity contribution in [2.24, 2.45) is 0 Å². The number of nitrogens with zero attached hydrogens (tertiary/aromatic N) is 5. The van der Waals surface area contributed by atoms with Crippen molar-refractivity contribution in [1.82, 2.24) is 30.2 Å². The van der Waals surface area contributed by atoms with E-state index < -0.39 is 17.1 Å². The highest BCUT2D eigenvalue weighted by Crippen LogP contribution is 2.43. The van der Waals surface area contributed by atoms with Gasteiger partial charge in [0.25, 0.3) is 5.79 Å². The number of imidazole rings is 1. The van der Waals surface area contributed by atoms with E-state index in [1.165, 1.54) is 0 Å². The van der Waals surface area contributed by atoms with Crippen LogP contribution in [-0.4, -0.2) is 39.5 Å². The van der Waals surface area contributed by atoms with Gasteiger partial charge in [0.1, 0.15) is 0 Å². The van der Waals surface area contributed by atoms with E-state index in [0.29, 0.717) is 36.7 Å². The van der Waals surface area contributed by atoms with Gasteiger partial charge >= 0.3 is 11.4 Å². The molecule has 176 valence electrons. The number of hydrogen-bond donors (Lipinski definition) is 2. The van der Waals surface area contributed by atoms with Gasteiger partial charge in [0.2, 0.25) is 5.82 Å². The first-order valence-electron chi connectivity index (χ1n) is 10.6. The fourth-order valence-electron chi connectivity index (χ4n) is 4.07. The second kappa shape index (κ2) is 9.35. The highest BCUT2D eigenvalue weighted by atomic mass is 35.5. The standard InChI is InChI=1S/C22H21ClN6O4S/c1-2-11-22(32-34(31)33-22)21-24-19(23)18(13-30)29(21)12-14-7-9-15(10-8-14)16-5-3-4-6-17(16)20-25-27-28-26-20/h3-10,30H,2,11-13H2,1H3,(H,25,26,27,28). The zero-order valence-electron chi connectivity index (χ0n) is 18.1. The lowest BCUT2D eigenvalue weighted by Crippen LogP contribution is -2.46. The normalized spacial score (nSPS) is 19.8. The largest absolute Gasteiger partial charge is 0.390 e. The number of benzene rings is 2. The molecule has 0 radical (unpaired) electrons. The van der Waals surface area contributed by atoms with Gasteiger partial charge in [-0.3, -0.25) is 0 Å². The van der Waals surface area contributed by atoms with Gasteiger partial charge in [-0.05, 0) is 21.9 Å². The SMILES string of the molecule is CCCC1(c2nc(Cl)c(CO)n2Cc2ccc(-c3ccccc3-c3nn[nH]n3)cc2)OS(=O)O1. The number of rotatable bonds is 8. The number of halogens is 1. The highest BCUT2D eigenvalue weighted by molar-refractivity contribution is 7.76. The number of hydrogen-bond acceptors (Lipinski definition) is 8. The lowest BCUT2D eigenvalue weighted by atomic mass is 9.98. The zero-order valence-corrected chi connectivity index (χ0v) is 19.7. The van der Waals surface area contributed by atoms with E-state index in [2.05, 4.69) is 25.6 Å². The summed E-state index contributed by atoms with van der Waals surface area (Å²) in [6.07, 6.45) is 1.16. The molecule has 10 nitrogen and oxygen atoms in total. The zero-order chi connectivity index (χ0) is 23.7. The summed E-state index contributed by atoms with van der Waals surface area (Å²) in [6.45, 7) is 2.01. The van der Waals surface area contributed by atoms with E-state index in [4.69, 9.17) is 20.0 Å². The van der Waals surface area contributed by atoms with Crippen LogP contribution in [0.25, 0.3) is 22.5 Å². The number of aliphatic hydroxyl groups is 1. The maximum absolute atomic E-state index is 11.6. The maximum Gasteiger partial charge on any atom is 0.311 e. The number of aromatic amines is 1. The number of tetrazole rings is 1. The van der Waals surface area contributed by atoms with Gasteiger partial charge in [-0.1, -0.05) is 73.5 Å². The number of H-pyrrole nitrogens is 1. The Morgan fingerprint density at radius 3 is 2.50 bits per heavy atom. The second-order valence-corrected chi connectivity index (χ2v) is 8.87. The average molecular weight is 501 g/mol. The van der Waals surface area contributed by atoms with Crippen LogP contribution in [0.15, 0.2) is 48.5 Å². The summed E-state index contributed by atoms with van der Waals surface area (Å²) < 4.78 is 24.3. The van der Waals surface area contributed by atoms with Crippen LogP contribution in [0.3, 0.4) is 0 Å². The lowest BCUT2D eigenvalue weighted by molar-refractivity contribution is -0.195. The molecule has 0 bridgehead atoms. The van der Waals surface area contributed by atoms with Crippen molar-refractivity contribution in [3.05, 3.63) is 70.8 Å². The molecule has 1 fully saturated rings. The summed E-state index contributed by atoms with van der Waals surface area (Å²) >= 11 is 4.48. The van der Waals surface area contributed by atoms with Crippen LogP contribution in [0.5, 0.6) is 0 Å². The molecule has 2 aromatic carbocycles. The van der Waals surface area contributed by atoms with Crippen LogP contribution in [0.1, 0.15) is 36.8 Å². The third-order valence-electron chi connectivity index (χ3n) is 5.62. The van der Waals surface area contributed by atoms with Crippen molar-refractivity contribution >= 4 is 23.0 Å². The second-order valence-electron chi connectivity index (χ2n) is 7.77. The van der Waals surface area contributed by atoms with Crippen LogP contribution in [0, 0.1) is 0 Å². The third-order valence-corrected chi connectivity index (χ3v) is 6.73. The van der Waals surface area contributed by atoms with Crippen molar-refractivity contribution in [2.75, 3.05) is 0 Å². The number of aliphatic hydroxyl groups excluding tert-OH is 1. The van der Waals surface area contributed by atoms with Crippen molar-refractivity contribution < 1.29 is 17.7 Å². The van der Waals surface area contributed by atoms with Gasteiger partial charge in [0, 0.05) is 18.5 Å². The Kier molecular flexibility index (Phi) is 6.28. The van der Waals surface area contributed by atoms with Gasteiger partial charge < -0.3 is 9.67 Å². The Morgan fingerprint density at radius 2 is 1.88 bits per heavy atom. The summed E-state index contributed by atoms with van der Waals surface area (Å²) in [4.78, 5) is 4.39. The summed E-state index contributed by atoms with van der Waals surface area (Å²) in [7, 11) is 0. The quantitative estimate of drug-likeness (QED) is 0.376. The first-order chi connectivity index (χ1) is 16.5. The minimum Gasteiger partial charge on any atom is -0.390 e. The summed E-state index contributed by atoms with van der Waals surface area (Å²) in [5.74, 6) is -0.348. The van der Waals surface area contributed by atoms with Crippen LogP contribution >= 0.6 is 11.6 Å². The minimum atomic E-state index is -1.83. The van der Waals surface area contributed by atoms with Crippen molar-refractivity contribution in [2.45, 2.75) is 38.7 Å². The van der Waals surface area contributed by atoms with E-state index in [1.807, 2.05) is 55.5 Å². The van der Waals surface area contributed by atoms with Crippen LogP contribution < -0.4 is 0 Å². The minimum absolute atomic E-state index is 0.156. The molecule has 3 heterocycles. The van der Waals surface area contributed by atoms with E-state index in [1.54, 1.807) is 4.57 Å². The smallest absolute Gasteiger partial charge is 0.311 e. The predicted octanol–water partition coefficient (Wildman–Crippen LogP) is 3.50. The Balaban J connectivity index is 1.48. The van der Waals surface area contributed by atoms with Crippen LogP contribution in [-0.2, 0) is 38.7 Å². The summed E-state index contributed by atoms with van der Waals surface area (Å²) in [5, 5.41) is 24.4. The van der Waals surface area contributed by atoms with Gasteiger partial charge in [-0.15, -0.1) is 10.2 Å². The molecule has 1 aliphatic rings. The van der Waals surface area contributed by atoms with Gasteiger partial charge in [-0.25, -0.2) is 13.4 Å². The molecule has 0 amide bonds. The van der Waals surface area contributed by atoms with E-state index in [9.17, 15) is 9.32 Å². The topological polar surface area (TPSA) is 128 Å². The molecule has 4 aromatic rings. The average Bonchev–Trinajstić information content (AvgIpc) is 3.47. The Bertz CT molecular complexity index is 1320. The van der Waals surface area contributed by atoms with Gasteiger partial charge in [0.05, 0.1) is 12.3 Å². The molecule has 2 N–H and O–H groups in total. The first-order valence-corrected chi connectivity index (χ1v) is 12.0. The summed E-state index contributed by atoms with van der Waals surface area (Å²) in [6, 6.07) is 15.8. The monoisotopic (exact) mass is 500 g/mol. The number of aromatic nitrogens is 6. The molecular weight excluding hydrogens is 480 g/mol. The van der Waals surface area contributed by atoms with Crippen LogP contribution in [0.2, 0.25) is 5.15 Å². The van der Waals surface area contributed by atoms with Gasteiger partial charge in [0.15, 0.2) is 11.0 Å². The molecule has 1 aliphatic heterocycles. The molecule has 1 saturated heterocycles. The molecule has 0 atom stereocenters. The molecule has 2 aromatic heterocycles. The van der Waals surface area contributed by atoms with E-state index >= 15 is 0 Å². The Labute approximate surface area is 202 Å². The van der Waals surface area contributed by atoms with Crippen LogP contribution in [0.4, 0.5) is 0 Å². The maximum atomic E-state index is 11.6. The number of nitrogens with one attached hydrogen (secondary N) is 1. The fourth-order valence-corrected chi connectivity index (χ4v) is 5.08. The molecule has 0 saturated carbocycles. The van der Waals surface area contributed by atoms with E-state index in [0.717, 1.165) is 22.3 Å². The Morgan fingerprint density at radius 1 is 1.15 bits per heavy atom. The van der Waals surface area contributed by atoms with Crippen molar-refractivity contribution in [3.8, 4) is 22.5 Å². The molecule has 12 heteroatoms. The molecule has 34 heavy (non-hydrogen) atoms. The Hall–Kier alpha value is -2.96. The van der Waals surface area contributed by atoms with Crippen molar-refractivity contribution in [1.29, 1.82) is 0 Å². The molecular formula is C22H21ClN6O4S. The highest BCUT2D eigenvalue weighted by Gasteiger charge is 2.52. The molecule has 0 spiro atoms.